The second-order valence-corrected chi connectivity index (χ2v) is 8.64. The Hall–Kier alpha value is -3.52. The highest BCUT2D eigenvalue weighted by molar-refractivity contribution is 6.06. The molecule has 0 amide bonds. The summed E-state index contributed by atoms with van der Waals surface area (Å²) in [6, 6.07) is 9.45. The summed E-state index contributed by atoms with van der Waals surface area (Å²) in [5.41, 5.74) is 2.32. The first-order valence-electron chi connectivity index (χ1n) is 11.2. The molecule has 4 aromatic rings. The van der Waals surface area contributed by atoms with Crippen LogP contribution >= 0.6 is 0 Å². The average Bonchev–Trinajstić information content (AvgIpc) is 3.38. The lowest BCUT2D eigenvalue weighted by Crippen LogP contribution is -2.26. The Labute approximate surface area is 192 Å². The summed E-state index contributed by atoms with van der Waals surface area (Å²) in [7, 11) is 0. The van der Waals surface area contributed by atoms with E-state index >= 15 is 0 Å². The minimum Gasteiger partial charge on any atom is -0.493 e. The Morgan fingerprint density at radius 2 is 2.00 bits per heavy atom. The van der Waals surface area contributed by atoms with Crippen molar-refractivity contribution in [2.75, 3.05) is 6.61 Å². The molecule has 8 heteroatoms. The molecule has 172 valence electrons. The predicted molar refractivity (Wildman–Crippen MR) is 125 cm³/mol. The molecule has 0 spiro atoms. The van der Waals surface area contributed by atoms with Gasteiger partial charge in [0.05, 0.1) is 42.1 Å². The fourth-order valence-corrected chi connectivity index (χ4v) is 4.06. The van der Waals surface area contributed by atoms with E-state index in [0.717, 1.165) is 11.1 Å². The number of nitrogens with zero attached hydrogens (tertiary/aromatic N) is 5. The van der Waals surface area contributed by atoms with Crippen molar-refractivity contribution in [3.8, 4) is 17.0 Å². The number of para-hydroxylation sites is 1. The van der Waals surface area contributed by atoms with E-state index in [0.29, 0.717) is 42.2 Å². The fourth-order valence-electron chi connectivity index (χ4n) is 4.06. The number of benzene rings is 1. The zero-order chi connectivity index (χ0) is 23.6. The van der Waals surface area contributed by atoms with Gasteiger partial charge in [0.15, 0.2) is 11.4 Å². The Kier molecular flexibility index (Phi) is 6.29. The Bertz CT molecular complexity index is 1270. The van der Waals surface area contributed by atoms with E-state index in [4.69, 9.17) is 9.84 Å². The third-order valence-electron chi connectivity index (χ3n) is 5.43. The van der Waals surface area contributed by atoms with Gasteiger partial charge in [0.25, 0.3) is 0 Å². The second kappa shape index (κ2) is 9.15. The van der Waals surface area contributed by atoms with Gasteiger partial charge in [0.1, 0.15) is 5.75 Å². The molecule has 0 saturated heterocycles. The van der Waals surface area contributed by atoms with E-state index in [1.54, 1.807) is 47.7 Å². The van der Waals surface area contributed by atoms with Crippen LogP contribution in [0.2, 0.25) is 0 Å². The lowest BCUT2D eigenvalue weighted by atomic mass is 9.88. The van der Waals surface area contributed by atoms with Crippen LogP contribution in [0.1, 0.15) is 56.0 Å². The van der Waals surface area contributed by atoms with Crippen LogP contribution in [0.3, 0.4) is 0 Å². The van der Waals surface area contributed by atoms with Gasteiger partial charge >= 0.3 is 0 Å². The molecule has 1 unspecified atom stereocenters. The lowest BCUT2D eigenvalue weighted by Gasteiger charge is -2.16. The van der Waals surface area contributed by atoms with Crippen molar-refractivity contribution in [3.05, 3.63) is 66.2 Å². The number of carbonyl (C=O) groups excluding carboxylic acids is 1. The van der Waals surface area contributed by atoms with Gasteiger partial charge in [-0.1, -0.05) is 19.1 Å². The van der Waals surface area contributed by atoms with Gasteiger partial charge in [0.2, 0.25) is 0 Å². The van der Waals surface area contributed by atoms with Crippen LogP contribution in [-0.2, 0) is 6.54 Å². The third-order valence-corrected chi connectivity index (χ3v) is 5.43. The highest BCUT2D eigenvalue weighted by atomic mass is 16.5. The number of rotatable bonds is 9. The predicted octanol–water partition coefficient (Wildman–Crippen LogP) is 4.14. The van der Waals surface area contributed by atoms with Gasteiger partial charge in [-0.05, 0) is 45.4 Å². The summed E-state index contributed by atoms with van der Waals surface area (Å²) in [6.45, 7) is 8.18. The average molecular weight is 448 g/mol. The van der Waals surface area contributed by atoms with Crippen molar-refractivity contribution >= 4 is 11.4 Å². The SMILES string of the molecule is CCOc1ccccc1-c1nn(CC(C)(C)O)cc1C(CC)C(=O)c1cnn2cccnc12. The van der Waals surface area contributed by atoms with Gasteiger partial charge in [-0.15, -0.1) is 0 Å². The van der Waals surface area contributed by atoms with Gasteiger partial charge in [-0.3, -0.25) is 9.48 Å². The largest absolute Gasteiger partial charge is 0.493 e. The maximum Gasteiger partial charge on any atom is 0.175 e. The summed E-state index contributed by atoms with van der Waals surface area (Å²) in [5.74, 6) is 0.180. The molecule has 3 heterocycles. The highest BCUT2D eigenvalue weighted by Gasteiger charge is 2.30. The number of ketones is 1. The minimum absolute atomic E-state index is 0.0656. The van der Waals surface area contributed by atoms with Crippen LogP contribution < -0.4 is 4.74 Å². The fraction of sp³-hybridized carbons (Fsp3) is 0.360. The first-order valence-corrected chi connectivity index (χ1v) is 11.2. The number of carbonyl (C=O) groups is 1. The molecule has 0 aliphatic rings. The zero-order valence-corrected chi connectivity index (χ0v) is 19.4. The smallest absolute Gasteiger partial charge is 0.175 e. The standard InChI is InChI=1S/C25H29N5O3/c1-5-17(23(31)19-14-27-30-13-9-12-26-24(19)30)20-15-29(16-25(3,4)32)28-22(20)18-10-7-8-11-21(18)33-6-2/h7-15,17,32H,5-6,16H2,1-4H3. The quantitative estimate of drug-likeness (QED) is 0.388. The zero-order valence-electron chi connectivity index (χ0n) is 19.4. The molecule has 0 bridgehead atoms. The van der Waals surface area contributed by atoms with Crippen LogP contribution in [0.15, 0.2) is 55.1 Å². The van der Waals surface area contributed by atoms with Crippen LogP contribution in [0, 0.1) is 0 Å². The number of aromatic nitrogens is 5. The number of Topliss-reactive ketones (excluding diaryl/α,β-unsaturated/α-hetero) is 1. The summed E-state index contributed by atoms with van der Waals surface area (Å²) in [6.07, 6.45) is 7.43. The molecular weight excluding hydrogens is 418 g/mol. The van der Waals surface area contributed by atoms with E-state index < -0.39 is 11.5 Å². The van der Waals surface area contributed by atoms with E-state index in [9.17, 15) is 9.90 Å². The normalized spacial score (nSPS) is 12.8. The molecule has 0 aliphatic carbocycles. The van der Waals surface area contributed by atoms with Crippen LogP contribution in [0.25, 0.3) is 16.9 Å². The van der Waals surface area contributed by atoms with Crippen LogP contribution in [0.5, 0.6) is 5.75 Å². The molecule has 1 aromatic carbocycles. The van der Waals surface area contributed by atoms with Gasteiger partial charge in [-0.25, -0.2) is 9.50 Å². The molecule has 0 fully saturated rings. The second-order valence-electron chi connectivity index (χ2n) is 8.64. The van der Waals surface area contributed by atoms with E-state index in [1.807, 2.05) is 44.3 Å². The topological polar surface area (TPSA) is 94.5 Å². The summed E-state index contributed by atoms with van der Waals surface area (Å²) < 4.78 is 9.16. The maximum atomic E-state index is 13.7. The van der Waals surface area contributed by atoms with E-state index in [1.165, 1.54) is 0 Å². The summed E-state index contributed by atoms with van der Waals surface area (Å²) >= 11 is 0. The van der Waals surface area contributed by atoms with Crippen molar-refractivity contribution in [3.63, 3.8) is 0 Å². The Morgan fingerprint density at radius 3 is 2.73 bits per heavy atom. The molecule has 33 heavy (non-hydrogen) atoms. The monoisotopic (exact) mass is 447 g/mol. The maximum absolute atomic E-state index is 13.7. The number of hydrogen-bond acceptors (Lipinski definition) is 6. The summed E-state index contributed by atoms with van der Waals surface area (Å²) in [5, 5.41) is 19.5. The number of ether oxygens (including phenoxy) is 1. The Balaban J connectivity index is 1.84. The van der Waals surface area contributed by atoms with Crippen molar-refractivity contribution in [1.82, 2.24) is 24.4 Å². The van der Waals surface area contributed by atoms with Crippen LogP contribution in [-0.4, -0.2) is 47.5 Å². The molecular formula is C25H29N5O3. The molecule has 1 atom stereocenters. The summed E-state index contributed by atoms with van der Waals surface area (Å²) in [4.78, 5) is 18.1. The van der Waals surface area contributed by atoms with Crippen molar-refractivity contribution in [2.45, 2.75) is 52.2 Å². The Morgan fingerprint density at radius 1 is 1.21 bits per heavy atom. The number of aliphatic hydroxyl groups is 1. The molecule has 0 saturated carbocycles. The molecule has 8 nitrogen and oxygen atoms in total. The molecule has 0 radical (unpaired) electrons. The minimum atomic E-state index is -0.960. The van der Waals surface area contributed by atoms with E-state index in [-0.39, 0.29) is 5.78 Å². The van der Waals surface area contributed by atoms with Gasteiger partial charge in [0, 0.05) is 29.7 Å². The number of hydrogen-bond donors (Lipinski definition) is 1. The molecule has 3 aromatic heterocycles. The van der Waals surface area contributed by atoms with Gasteiger partial charge < -0.3 is 9.84 Å². The van der Waals surface area contributed by atoms with Gasteiger partial charge in [-0.2, -0.15) is 10.2 Å². The van der Waals surface area contributed by atoms with Crippen molar-refractivity contribution < 1.29 is 14.6 Å². The first kappa shape index (κ1) is 22.7. The highest BCUT2D eigenvalue weighted by Crippen LogP contribution is 2.37. The number of fused-ring (bicyclic) bond motifs is 1. The third kappa shape index (κ3) is 4.66. The van der Waals surface area contributed by atoms with E-state index in [2.05, 4.69) is 10.1 Å². The molecule has 1 N–H and O–H groups in total. The lowest BCUT2D eigenvalue weighted by molar-refractivity contribution is 0.0578. The first-order chi connectivity index (χ1) is 15.8. The van der Waals surface area contributed by atoms with Crippen LogP contribution in [0.4, 0.5) is 0 Å². The molecule has 4 rings (SSSR count). The molecule has 0 aliphatic heterocycles. The van der Waals surface area contributed by atoms with Crippen molar-refractivity contribution in [1.29, 1.82) is 0 Å². The van der Waals surface area contributed by atoms with Crippen molar-refractivity contribution in [2.24, 2.45) is 0 Å².